The molecule has 6 heteroatoms. The highest BCUT2D eigenvalue weighted by Gasteiger charge is 2.22. The maximum Gasteiger partial charge on any atom is 0.227 e. The van der Waals surface area contributed by atoms with Crippen LogP contribution in [0.1, 0.15) is 10.4 Å². The van der Waals surface area contributed by atoms with Crippen LogP contribution in [0.15, 0.2) is 35.8 Å². The number of aromatic nitrogens is 1. The van der Waals surface area contributed by atoms with Crippen LogP contribution in [0.4, 0.5) is 5.82 Å². The second-order valence-electron chi connectivity index (χ2n) is 5.14. The van der Waals surface area contributed by atoms with E-state index in [1.807, 2.05) is 28.5 Å². The van der Waals surface area contributed by atoms with Crippen molar-refractivity contribution < 1.29 is 4.79 Å². The number of anilines is 1. The second kappa shape index (κ2) is 6.58. The molecule has 0 saturated carbocycles. The molecule has 2 aromatic rings. The fourth-order valence-electron chi connectivity index (χ4n) is 2.50. The Kier molecular flexibility index (Phi) is 4.35. The lowest BCUT2D eigenvalue weighted by atomic mass is 10.2. The molecular weight excluding hydrogens is 296 g/mol. The average Bonchev–Trinajstić information content (AvgIpc) is 3.08. The van der Waals surface area contributed by atoms with Gasteiger partial charge in [-0.05, 0) is 23.6 Å². The molecule has 112 valence electrons. The summed E-state index contributed by atoms with van der Waals surface area (Å²) in [4.78, 5) is 21.7. The number of nitrogens with zero attached hydrogens (tertiary/aromatic N) is 4. The van der Waals surface area contributed by atoms with Gasteiger partial charge in [-0.1, -0.05) is 6.07 Å². The standard InChI is InChI=1S/C16H16N4OS/c17-11-13-3-4-15(18-12-13)19-5-7-20(8-6-19)16(21)10-14-2-1-9-22-14/h1-4,9,12H,5-8,10H2. The van der Waals surface area contributed by atoms with Gasteiger partial charge in [0.2, 0.25) is 5.91 Å². The summed E-state index contributed by atoms with van der Waals surface area (Å²) >= 11 is 1.62. The van der Waals surface area contributed by atoms with Gasteiger partial charge in [0, 0.05) is 37.3 Å². The van der Waals surface area contributed by atoms with Crippen LogP contribution in [-0.4, -0.2) is 42.0 Å². The molecule has 0 aromatic carbocycles. The Balaban J connectivity index is 1.55. The van der Waals surface area contributed by atoms with E-state index in [0.29, 0.717) is 25.1 Å². The Morgan fingerprint density at radius 2 is 2.09 bits per heavy atom. The SMILES string of the molecule is N#Cc1ccc(N2CCN(C(=O)Cc3cccs3)CC2)nc1. The molecule has 1 amide bonds. The van der Waals surface area contributed by atoms with Crippen molar-refractivity contribution in [1.82, 2.24) is 9.88 Å². The molecular formula is C16H16N4OS. The van der Waals surface area contributed by atoms with Gasteiger partial charge in [-0.25, -0.2) is 4.98 Å². The van der Waals surface area contributed by atoms with Crippen molar-refractivity contribution in [3.8, 4) is 6.07 Å². The molecule has 22 heavy (non-hydrogen) atoms. The first kappa shape index (κ1) is 14.5. The van der Waals surface area contributed by atoms with Crippen LogP contribution in [-0.2, 0) is 11.2 Å². The Labute approximate surface area is 133 Å². The molecule has 3 rings (SSSR count). The third-order valence-electron chi connectivity index (χ3n) is 3.74. The van der Waals surface area contributed by atoms with E-state index in [-0.39, 0.29) is 5.91 Å². The third-order valence-corrected chi connectivity index (χ3v) is 4.62. The number of nitriles is 1. The number of rotatable bonds is 3. The van der Waals surface area contributed by atoms with E-state index in [4.69, 9.17) is 5.26 Å². The Morgan fingerprint density at radius 1 is 1.27 bits per heavy atom. The molecule has 0 bridgehead atoms. The fourth-order valence-corrected chi connectivity index (χ4v) is 3.19. The van der Waals surface area contributed by atoms with Gasteiger partial charge in [-0.15, -0.1) is 11.3 Å². The monoisotopic (exact) mass is 312 g/mol. The quantitative estimate of drug-likeness (QED) is 0.868. The van der Waals surface area contributed by atoms with Gasteiger partial charge >= 0.3 is 0 Å². The van der Waals surface area contributed by atoms with E-state index >= 15 is 0 Å². The van der Waals surface area contributed by atoms with E-state index in [1.165, 1.54) is 0 Å². The zero-order valence-corrected chi connectivity index (χ0v) is 12.9. The molecule has 1 aliphatic heterocycles. The van der Waals surface area contributed by atoms with Gasteiger partial charge in [-0.3, -0.25) is 4.79 Å². The maximum atomic E-state index is 12.3. The number of pyridine rings is 1. The van der Waals surface area contributed by atoms with Crippen LogP contribution in [0.5, 0.6) is 0 Å². The van der Waals surface area contributed by atoms with Crippen LogP contribution >= 0.6 is 11.3 Å². The van der Waals surface area contributed by atoms with E-state index in [0.717, 1.165) is 23.8 Å². The number of thiophene rings is 1. The van der Waals surface area contributed by atoms with Gasteiger partial charge < -0.3 is 9.80 Å². The topological polar surface area (TPSA) is 60.2 Å². The summed E-state index contributed by atoms with van der Waals surface area (Å²) in [5, 5.41) is 10.8. The number of amides is 1. The molecule has 0 radical (unpaired) electrons. The molecule has 3 heterocycles. The summed E-state index contributed by atoms with van der Waals surface area (Å²) < 4.78 is 0. The first-order valence-corrected chi connectivity index (χ1v) is 8.05. The van der Waals surface area contributed by atoms with Crippen molar-refractivity contribution in [2.45, 2.75) is 6.42 Å². The van der Waals surface area contributed by atoms with Crippen molar-refractivity contribution in [3.63, 3.8) is 0 Å². The molecule has 0 N–H and O–H groups in total. The van der Waals surface area contributed by atoms with Crippen LogP contribution in [0, 0.1) is 11.3 Å². The van der Waals surface area contributed by atoms with Crippen LogP contribution < -0.4 is 4.90 Å². The lowest BCUT2D eigenvalue weighted by molar-refractivity contribution is -0.130. The Bertz CT molecular complexity index is 667. The summed E-state index contributed by atoms with van der Waals surface area (Å²) in [6.45, 7) is 2.97. The molecule has 1 aliphatic rings. The van der Waals surface area contributed by atoms with Crippen molar-refractivity contribution in [2.24, 2.45) is 0 Å². The highest BCUT2D eigenvalue weighted by Crippen LogP contribution is 2.16. The zero-order chi connectivity index (χ0) is 15.4. The van der Waals surface area contributed by atoms with Crippen molar-refractivity contribution in [3.05, 3.63) is 46.3 Å². The smallest absolute Gasteiger partial charge is 0.227 e. The molecule has 2 aromatic heterocycles. The van der Waals surface area contributed by atoms with Gasteiger partial charge in [0.1, 0.15) is 11.9 Å². The molecule has 0 aliphatic carbocycles. The van der Waals surface area contributed by atoms with Crippen molar-refractivity contribution in [1.29, 1.82) is 5.26 Å². The fraction of sp³-hybridized carbons (Fsp3) is 0.312. The maximum absolute atomic E-state index is 12.3. The highest BCUT2D eigenvalue weighted by atomic mass is 32.1. The van der Waals surface area contributed by atoms with Crippen LogP contribution in [0.3, 0.4) is 0 Å². The minimum absolute atomic E-state index is 0.190. The predicted molar refractivity (Wildman–Crippen MR) is 85.8 cm³/mol. The van der Waals surface area contributed by atoms with Crippen LogP contribution in [0.25, 0.3) is 0 Å². The Hall–Kier alpha value is -2.39. The van der Waals surface area contributed by atoms with Crippen molar-refractivity contribution in [2.75, 3.05) is 31.1 Å². The molecule has 0 atom stereocenters. The highest BCUT2D eigenvalue weighted by molar-refractivity contribution is 7.10. The number of carbonyl (C=O) groups excluding carboxylic acids is 1. The lowest BCUT2D eigenvalue weighted by Gasteiger charge is -2.35. The first-order chi connectivity index (χ1) is 10.8. The summed E-state index contributed by atoms with van der Waals surface area (Å²) in [7, 11) is 0. The zero-order valence-electron chi connectivity index (χ0n) is 12.1. The van der Waals surface area contributed by atoms with Crippen molar-refractivity contribution >= 4 is 23.1 Å². The number of piperazine rings is 1. The number of hydrogen-bond donors (Lipinski definition) is 0. The molecule has 0 spiro atoms. The van der Waals surface area contributed by atoms with E-state index in [9.17, 15) is 4.79 Å². The lowest BCUT2D eigenvalue weighted by Crippen LogP contribution is -2.49. The Morgan fingerprint density at radius 3 is 2.68 bits per heavy atom. The van der Waals surface area contributed by atoms with Gasteiger partial charge in [0.15, 0.2) is 0 Å². The summed E-state index contributed by atoms with van der Waals surface area (Å²) in [5.41, 5.74) is 0.563. The first-order valence-electron chi connectivity index (χ1n) is 7.17. The van der Waals surface area contributed by atoms with E-state index < -0.39 is 0 Å². The minimum atomic E-state index is 0.190. The largest absolute Gasteiger partial charge is 0.353 e. The number of hydrogen-bond acceptors (Lipinski definition) is 5. The minimum Gasteiger partial charge on any atom is -0.353 e. The summed E-state index contributed by atoms with van der Waals surface area (Å²) in [6, 6.07) is 9.68. The second-order valence-corrected chi connectivity index (χ2v) is 6.17. The molecule has 5 nitrogen and oxygen atoms in total. The predicted octanol–water partition coefficient (Wildman–Crippen LogP) is 1.91. The van der Waals surface area contributed by atoms with Crippen LogP contribution in [0.2, 0.25) is 0 Å². The van der Waals surface area contributed by atoms with E-state index in [1.54, 1.807) is 23.6 Å². The summed E-state index contributed by atoms with van der Waals surface area (Å²) in [5.74, 6) is 1.05. The third kappa shape index (κ3) is 3.26. The summed E-state index contributed by atoms with van der Waals surface area (Å²) in [6.07, 6.45) is 2.08. The van der Waals surface area contributed by atoms with Gasteiger partial charge in [0.25, 0.3) is 0 Å². The molecule has 1 fully saturated rings. The van der Waals surface area contributed by atoms with Gasteiger partial charge in [-0.2, -0.15) is 5.26 Å². The number of carbonyl (C=O) groups is 1. The molecule has 1 saturated heterocycles. The van der Waals surface area contributed by atoms with Gasteiger partial charge in [0.05, 0.1) is 12.0 Å². The molecule has 0 unspecified atom stereocenters. The average molecular weight is 312 g/mol. The normalized spacial score (nSPS) is 14.7. The van der Waals surface area contributed by atoms with E-state index in [2.05, 4.69) is 16.0 Å².